The van der Waals surface area contributed by atoms with Crippen LogP contribution in [0.2, 0.25) is 0 Å². The first-order valence-corrected chi connectivity index (χ1v) is 7.05. The Kier molecular flexibility index (Phi) is 2.58. The monoisotopic (exact) mass is 283 g/mol. The van der Waals surface area contributed by atoms with E-state index in [2.05, 4.69) is 27.2 Å². The fourth-order valence-corrected chi connectivity index (χ4v) is 3.25. The predicted molar refractivity (Wildman–Crippen MR) is 78.7 cm³/mol. The molecule has 0 radical (unpaired) electrons. The van der Waals surface area contributed by atoms with Crippen molar-refractivity contribution in [1.82, 2.24) is 14.5 Å². The Hall–Kier alpha value is -1.98. The molecule has 0 bridgehead atoms. The number of hydrogen-bond acceptors (Lipinski definition) is 4. The van der Waals surface area contributed by atoms with Crippen LogP contribution in [-0.2, 0) is 9.47 Å². The maximum absolute atomic E-state index is 6.10. The molecule has 5 nitrogen and oxygen atoms in total. The Morgan fingerprint density at radius 1 is 1.38 bits per heavy atom. The zero-order valence-electron chi connectivity index (χ0n) is 12.1. The van der Waals surface area contributed by atoms with Crippen molar-refractivity contribution >= 4 is 11.0 Å². The van der Waals surface area contributed by atoms with E-state index in [1.165, 1.54) is 0 Å². The molecule has 0 spiro atoms. The van der Waals surface area contributed by atoms with Crippen molar-refractivity contribution in [2.75, 3.05) is 0 Å². The number of fused-ring (bicyclic) bond motifs is 2. The Balaban J connectivity index is 1.81. The van der Waals surface area contributed by atoms with Crippen LogP contribution in [-0.4, -0.2) is 32.5 Å². The summed E-state index contributed by atoms with van der Waals surface area (Å²) in [6.45, 7) is 7.78. The van der Waals surface area contributed by atoms with Gasteiger partial charge in [-0.05, 0) is 25.5 Å². The van der Waals surface area contributed by atoms with E-state index in [0.29, 0.717) is 0 Å². The van der Waals surface area contributed by atoms with Gasteiger partial charge in [-0.15, -0.1) is 0 Å². The van der Waals surface area contributed by atoms with Gasteiger partial charge in [-0.3, -0.25) is 0 Å². The molecule has 21 heavy (non-hydrogen) atoms. The van der Waals surface area contributed by atoms with Crippen LogP contribution in [0.15, 0.2) is 49.1 Å². The summed E-state index contributed by atoms with van der Waals surface area (Å²) < 4.78 is 14.2. The maximum atomic E-state index is 6.10. The molecule has 1 saturated heterocycles. The molecular formula is C16H17N3O2. The van der Waals surface area contributed by atoms with Gasteiger partial charge in [-0.1, -0.05) is 18.7 Å². The van der Waals surface area contributed by atoms with Crippen molar-refractivity contribution in [3.63, 3.8) is 0 Å². The van der Waals surface area contributed by atoms with E-state index in [0.717, 1.165) is 16.6 Å². The number of rotatable bonds is 2. The molecule has 0 aromatic carbocycles. The Labute approximate surface area is 122 Å². The quantitative estimate of drug-likeness (QED) is 0.850. The molecule has 4 rings (SSSR count). The van der Waals surface area contributed by atoms with Crippen LogP contribution in [0.25, 0.3) is 11.0 Å². The van der Waals surface area contributed by atoms with Crippen molar-refractivity contribution in [2.45, 2.75) is 37.9 Å². The molecule has 5 heteroatoms. The molecule has 108 valence electrons. The van der Waals surface area contributed by atoms with Gasteiger partial charge in [0.05, 0.1) is 6.04 Å². The molecule has 1 aliphatic carbocycles. The minimum atomic E-state index is -0.575. The van der Waals surface area contributed by atoms with Crippen LogP contribution >= 0.6 is 0 Å². The van der Waals surface area contributed by atoms with Crippen LogP contribution < -0.4 is 0 Å². The summed E-state index contributed by atoms with van der Waals surface area (Å²) in [6, 6.07) is 2.07. The molecule has 2 aromatic heterocycles. The standard InChI is InChI=1S/C16H17N3O2/c1-4-10-7-12(14-13(10)20-16(2,3)21-14)19-6-5-11-8-17-9-18-15(11)19/h4-9,12-14H,1H2,2-3H3/t12-,13-,14+/m1/s1. The van der Waals surface area contributed by atoms with Gasteiger partial charge in [-0.2, -0.15) is 0 Å². The summed E-state index contributed by atoms with van der Waals surface area (Å²) in [5.41, 5.74) is 1.98. The molecule has 0 amide bonds. The van der Waals surface area contributed by atoms with Crippen LogP contribution in [0, 0.1) is 0 Å². The fourth-order valence-electron chi connectivity index (χ4n) is 3.25. The fraction of sp³-hybridized carbons (Fsp3) is 0.375. The molecule has 0 saturated carbocycles. The predicted octanol–water partition coefficient (Wildman–Crippen LogP) is 2.62. The highest BCUT2D eigenvalue weighted by atomic mass is 16.8. The van der Waals surface area contributed by atoms with Crippen LogP contribution in [0.4, 0.5) is 0 Å². The number of ether oxygens (including phenoxy) is 2. The van der Waals surface area contributed by atoms with Gasteiger partial charge in [0.2, 0.25) is 0 Å². The van der Waals surface area contributed by atoms with Gasteiger partial charge in [0.1, 0.15) is 24.2 Å². The lowest BCUT2D eigenvalue weighted by Gasteiger charge is -2.22. The van der Waals surface area contributed by atoms with Crippen molar-refractivity contribution < 1.29 is 9.47 Å². The Bertz CT molecular complexity index is 747. The van der Waals surface area contributed by atoms with Gasteiger partial charge < -0.3 is 14.0 Å². The summed E-state index contributed by atoms with van der Waals surface area (Å²) in [5.74, 6) is -0.575. The molecule has 1 fully saturated rings. The first-order chi connectivity index (χ1) is 10.1. The molecule has 2 aliphatic rings. The largest absolute Gasteiger partial charge is 0.342 e. The third-order valence-electron chi connectivity index (χ3n) is 4.09. The Morgan fingerprint density at radius 3 is 3.05 bits per heavy atom. The van der Waals surface area contributed by atoms with Crippen LogP contribution in [0.1, 0.15) is 19.9 Å². The van der Waals surface area contributed by atoms with E-state index in [4.69, 9.17) is 9.47 Å². The number of aromatic nitrogens is 3. The second-order valence-corrected chi connectivity index (χ2v) is 5.91. The van der Waals surface area contributed by atoms with E-state index < -0.39 is 5.79 Å². The molecule has 3 atom stereocenters. The molecule has 3 heterocycles. The van der Waals surface area contributed by atoms with Crippen molar-refractivity contribution in [3.8, 4) is 0 Å². The lowest BCUT2D eigenvalue weighted by molar-refractivity contribution is -0.147. The van der Waals surface area contributed by atoms with E-state index in [9.17, 15) is 0 Å². The summed E-state index contributed by atoms with van der Waals surface area (Å²) in [4.78, 5) is 8.45. The highest BCUT2D eigenvalue weighted by Crippen LogP contribution is 2.44. The van der Waals surface area contributed by atoms with Gasteiger partial charge >= 0.3 is 0 Å². The summed E-state index contributed by atoms with van der Waals surface area (Å²) in [5, 5.41) is 1.02. The van der Waals surface area contributed by atoms with E-state index in [-0.39, 0.29) is 18.2 Å². The second kappa shape index (κ2) is 4.26. The van der Waals surface area contributed by atoms with Crippen LogP contribution in [0.3, 0.4) is 0 Å². The highest BCUT2D eigenvalue weighted by molar-refractivity contribution is 5.75. The smallest absolute Gasteiger partial charge is 0.164 e. The van der Waals surface area contributed by atoms with E-state index in [1.54, 1.807) is 6.33 Å². The Morgan fingerprint density at radius 2 is 2.24 bits per heavy atom. The third kappa shape index (κ3) is 1.85. The zero-order chi connectivity index (χ0) is 14.6. The van der Waals surface area contributed by atoms with E-state index >= 15 is 0 Å². The number of nitrogens with zero attached hydrogens (tertiary/aromatic N) is 3. The first-order valence-electron chi connectivity index (χ1n) is 7.05. The zero-order valence-corrected chi connectivity index (χ0v) is 12.1. The third-order valence-corrected chi connectivity index (χ3v) is 4.09. The van der Waals surface area contributed by atoms with Gasteiger partial charge in [0.15, 0.2) is 5.79 Å². The van der Waals surface area contributed by atoms with E-state index in [1.807, 2.05) is 38.4 Å². The van der Waals surface area contributed by atoms with Gasteiger partial charge in [0, 0.05) is 17.8 Å². The topological polar surface area (TPSA) is 49.2 Å². The molecule has 0 N–H and O–H groups in total. The lowest BCUT2D eigenvalue weighted by Crippen LogP contribution is -2.27. The summed E-state index contributed by atoms with van der Waals surface area (Å²) in [6.07, 6.45) is 9.29. The summed E-state index contributed by atoms with van der Waals surface area (Å²) in [7, 11) is 0. The first kappa shape index (κ1) is 12.7. The van der Waals surface area contributed by atoms with Crippen molar-refractivity contribution in [1.29, 1.82) is 0 Å². The highest BCUT2D eigenvalue weighted by Gasteiger charge is 2.50. The van der Waals surface area contributed by atoms with Crippen molar-refractivity contribution in [2.24, 2.45) is 0 Å². The SMILES string of the molecule is C=CC1=C[C@@H](n2ccc3cncnc32)[C@@H]2OC(C)(C)O[C@H]12. The molecule has 1 aliphatic heterocycles. The van der Waals surface area contributed by atoms with Crippen LogP contribution in [0.5, 0.6) is 0 Å². The molecule has 0 unspecified atom stereocenters. The maximum Gasteiger partial charge on any atom is 0.164 e. The van der Waals surface area contributed by atoms with Crippen molar-refractivity contribution in [3.05, 3.63) is 49.1 Å². The van der Waals surface area contributed by atoms with Gasteiger partial charge in [0.25, 0.3) is 0 Å². The van der Waals surface area contributed by atoms with Gasteiger partial charge in [-0.25, -0.2) is 9.97 Å². The molecular weight excluding hydrogens is 266 g/mol. The lowest BCUT2D eigenvalue weighted by atomic mass is 10.1. The minimum Gasteiger partial charge on any atom is -0.342 e. The minimum absolute atomic E-state index is 0.0529. The second-order valence-electron chi connectivity index (χ2n) is 5.91. The number of hydrogen-bond donors (Lipinski definition) is 0. The summed E-state index contributed by atoms with van der Waals surface area (Å²) >= 11 is 0. The average molecular weight is 283 g/mol. The molecule has 2 aromatic rings. The normalized spacial score (nSPS) is 30.4. The average Bonchev–Trinajstić information content (AvgIpc) is 3.09.